The van der Waals surface area contributed by atoms with Gasteiger partial charge in [-0.05, 0) is 29.8 Å². The fraction of sp³-hybridized carbons (Fsp3) is 0.316. The van der Waals surface area contributed by atoms with Crippen LogP contribution in [-0.2, 0) is 21.2 Å². The van der Waals surface area contributed by atoms with Crippen molar-refractivity contribution in [2.24, 2.45) is 0 Å². The molecule has 2 fully saturated rings. The Kier molecular flexibility index (Phi) is 4.28. The van der Waals surface area contributed by atoms with Crippen molar-refractivity contribution >= 4 is 21.4 Å². The van der Waals surface area contributed by atoms with Crippen molar-refractivity contribution in [2.45, 2.75) is 18.6 Å². The summed E-state index contributed by atoms with van der Waals surface area (Å²) in [6, 6.07) is 14.6. The van der Waals surface area contributed by atoms with E-state index in [1.165, 1.54) is 12.1 Å². The molecule has 2 aromatic rings. The molecule has 4 rings (SSSR count). The van der Waals surface area contributed by atoms with Gasteiger partial charge in [0.15, 0.2) is 9.84 Å². The third kappa shape index (κ3) is 3.24. The van der Waals surface area contributed by atoms with Gasteiger partial charge in [-0.2, -0.15) is 0 Å². The summed E-state index contributed by atoms with van der Waals surface area (Å²) >= 11 is 0. The van der Waals surface area contributed by atoms with E-state index >= 15 is 0 Å². The summed E-state index contributed by atoms with van der Waals surface area (Å²) in [7, 11) is -3.22. The quantitative estimate of drug-likeness (QED) is 0.823. The minimum Gasteiger partial charge on any atom is -0.306 e. The van der Waals surface area contributed by atoms with Gasteiger partial charge < -0.3 is 4.90 Å². The van der Waals surface area contributed by atoms with Crippen LogP contribution < -0.4 is 4.90 Å². The van der Waals surface area contributed by atoms with Crippen molar-refractivity contribution in [3.05, 3.63) is 66.0 Å². The predicted octanol–water partition coefficient (Wildman–Crippen LogP) is 1.84. The number of fused-ring (bicyclic) bond motifs is 1. The summed E-state index contributed by atoms with van der Waals surface area (Å²) < 4.78 is 37.7. The molecule has 2 heterocycles. The van der Waals surface area contributed by atoms with Gasteiger partial charge in [-0.25, -0.2) is 12.8 Å². The molecule has 1 amide bonds. The van der Waals surface area contributed by atoms with Gasteiger partial charge in [0.25, 0.3) is 0 Å². The van der Waals surface area contributed by atoms with E-state index in [-0.39, 0.29) is 35.8 Å². The molecule has 0 radical (unpaired) electrons. The Morgan fingerprint density at radius 1 is 0.962 bits per heavy atom. The van der Waals surface area contributed by atoms with E-state index in [0.29, 0.717) is 6.54 Å². The number of para-hydroxylation sites is 1. The first-order valence-electron chi connectivity index (χ1n) is 8.49. The Bertz CT molecular complexity index is 916. The second-order valence-corrected chi connectivity index (χ2v) is 9.00. The molecule has 26 heavy (non-hydrogen) atoms. The van der Waals surface area contributed by atoms with Gasteiger partial charge in [-0.3, -0.25) is 9.69 Å². The molecule has 0 spiro atoms. The van der Waals surface area contributed by atoms with Gasteiger partial charge >= 0.3 is 0 Å². The lowest BCUT2D eigenvalue weighted by atomic mass is 10.0. The number of rotatable bonds is 3. The van der Waals surface area contributed by atoms with E-state index in [1.807, 2.05) is 35.2 Å². The molecule has 7 heteroatoms. The smallest absolute Gasteiger partial charge is 0.241 e. The van der Waals surface area contributed by atoms with Crippen LogP contribution in [0.5, 0.6) is 0 Å². The molecule has 0 aromatic heterocycles. The minimum absolute atomic E-state index is 0.0295. The Hall–Kier alpha value is -2.25. The largest absolute Gasteiger partial charge is 0.306 e. The lowest BCUT2D eigenvalue weighted by Crippen LogP contribution is -2.61. The minimum atomic E-state index is -3.22. The highest BCUT2D eigenvalue weighted by Gasteiger charge is 2.49. The highest BCUT2D eigenvalue weighted by Crippen LogP contribution is 2.32. The van der Waals surface area contributed by atoms with E-state index in [1.54, 1.807) is 17.0 Å². The zero-order valence-corrected chi connectivity index (χ0v) is 14.9. The zero-order valence-electron chi connectivity index (χ0n) is 14.1. The molecule has 0 unspecified atom stereocenters. The van der Waals surface area contributed by atoms with Crippen LogP contribution in [0.2, 0.25) is 0 Å². The summed E-state index contributed by atoms with van der Waals surface area (Å²) in [6.07, 6.45) is 0. The number of piperazine rings is 1. The SMILES string of the molecule is O=C1CN(Cc2ccc(F)cc2)[C@@H]2CS(=O)(=O)C[C@@H]2N1c1ccccc1. The highest BCUT2D eigenvalue weighted by molar-refractivity contribution is 7.91. The second-order valence-electron chi connectivity index (χ2n) is 6.84. The second kappa shape index (κ2) is 6.48. The van der Waals surface area contributed by atoms with Crippen LogP contribution in [0.4, 0.5) is 10.1 Å². The van der Waals surface area contributed by atoms with Crippen LogP contribution >= 0.6 is 0 Å². The van der Waals surface area contributed by atoms with Crippen LogP contribution in [0.1, 0.15) is 5.56 Å². The van der Waals surface area contributed by atoms with E-state index in [9.17, 15) is 17.6 Å². The molecule has 2 aliphatic heterocycles. The molecule has 2 atom stereocenters. The number of sulfone groups is 1. The lowest BCUT2D eigenvalue weighted by Gasteiger charge is -2.43. The van der Waals surface area contributed by atoms with Gasteiger partial charge in [0.05, 0.1) is 24.1 Å². The Morgan fingerprint density at radius 2 is 1.62 bits per heavy atom. The summed E-state index contributed by atoms with van der Waals surface area (Å²) in [4.78, 5) is 16.4. The first-order valence-corrected chi connectivity index (χ1v) is 10.3. The number of halogens is 1. The van der Waals surface area contributed by atoms with Gasteiger partial charge in [0, 0.05) is 18.3 Å². The van der Waals surface area contributed by atoms with Crippen LogP contribution in [0, 0.1) is 5.82 Å². The molecule has 2 saturated heterocycles. The number of hydrogen-bond acceptors (Lipinski definition) is 4. The molecule has 136 valence electrons. The molecule has 0 aliphatic carbocycles. The van der Waals surface area contributed by atoms with Gasteiger partial charge in [0.1, 0.15) is 5.82 Å². The number of anilines is 1. The topological polar surface area (TPSA) is 57.7 Å². The molecule has 2 aromatic carbocycles. The molecule has 0 N–H and O–H groups in total. The maximum Gasteiger partial charge on any atom is 0.241 e. The monoisotopic (exact) mass is 374 g/mol. The van der Waals surface area contributed by atoms with Gasteiger partial charge in [0.2, 0.25) is 5.91 Å². The molecule has 5 nitrogen and oxygen atoms in total. The van der Waals surface area contributed by atoms with Crippen molar-refractivity contribution < 1.29 is 17.6 Å². The third-order valence-electron chi connectivity index (χ3n) is 5.03. The summed E-state index contributed by atoms with van der Waals surface area (Å²) in [5.41, 5.74) is 1.58. The first kappa shape index (κ1) is 17.2. The average molecular weight is 374 g/mol. The first-order chi connectivity index (χ1) is 12.4. The fourth-order valence-electron chi connectivity index (χ4n) is 3.88. The molecule has 0 saturated carbocycles. The summed E-state index contributed by atoms with van der Waals surface area (Å²) in [6.45, 7) is 0.564. The maximum absolute atomic E-state index is 13.1. The number of carbonyl (C=O) groups excluding carboxylic acids is 1. The molecule has 0 bridgehead atoms. The average Bonchev–Trinajstić information content (AvgIpc) is 2.93. The number of hydrogen-bond donors (Lipinski definition) is 0. The van der Waals surface area contributed by atoms with Crippen LogP contribution in [-0.4, -0.2) is 49.4 Å². The number of nitrogens with zero attached hydrogens (tertiary/aromatic N) is 2. The van der Waals surface area contributed by atoms with Crippen LogP contribution in [0.15, 0.2) is 54.6 Å². The number of amides is 1. The summed E-state index contributed by atoms with van der Waals surface area (Å²) in [5.74, 6) is -0.426. The Labute approximate surface area is 152 Å². The Morgan fingerprint density at radius 3 is 2.31 bits per heavy atom. The van der Waals surface area contributed by atoms with Gasteiger partial charge in [-0.15, -0.1) is 0 Å². The highest BCUT2D eigenvalue weighted by atomic mass is 32.2. The standard InChI is InChI=1S/C19H19FN2O3S/c20-15-8-6-14(7-9-15)10-21-11-19(23)22(16-4-2-1-3-5-16)18-13-26(24,25)12-17(18)21/h1-9,17-18H,10-13H2/t17-,18+/m1/s1. The van der Waals surface area contributed by atoms with E-state index in [4.69, 9.17) is 0 Å². The third-order valence-corrected chi connectivity index (χ3v) is 6.73. The zero-order chi connectivity index (χ0) is 18.3. The molecular weight excluding hydrogens is 355 g/mol. The van der Waals surface area contributed by atoms with Crippen LogP contribution in [0.25, 0.3) is 0 Å². The fourth-order valence-corrected chi connectivity index (χ4v) is 5.86. The van der Waals surface area contributed by atoms with Crippen molar-refractivity contribution in [1.82, 2.24) is 4.90 Å². The van der Waals surface area contributed by atoms with Crippen LogP contribution in [0.3, 0.4) is 0 Å². The van der Waals surface area contributed by atoms with Crippen molar-refractivity contribution in [1.29, 1.82) is 0 Å². The van der Waals surface area contributed by atoms with Crippen molar-refractivity contribution in [3.8, 4) is 0 Å². The van der Waals surface area contributed by atoms with E-state index in [0.717, 1.165) is 11.3 Å². The maximum atomic E-state index is 13.1. The predicted molar refractivity (Wildman–Crippen MR) is 97.0 cm³/mol. The molecular formula is C19H19FN2O3S. The van der Waals surface area contributed by atoms with E-state index in [2.05, 4.69) is 0 Å². The van der Waals surface area contributed by atoms with Crippen molar-refractivity contribution in [2.75, 3.05) is 23.0 Å². The molecule has 2 aliphatic rings. The number of carbonyl (C=O) groups is 1. The van der Waals surface area contributed by atoms with Crippen molar-refractivity contribution in [3.63, 3.8) is 0 Å². The summed E-state index contributed by atoms with van der Waals surface area (Å²) in [5, 5.41) is 0. The number of benzene rings is 2. The van der Waals surface area contributed by atoms with E-state index < -0.39 is 15.9 Å². The van der Waals surface area contributed by atoms with Gasteiger partial charge in [-0.1, -0.05) is 30.3 Å². The normalized spacial score (nSPS) is 25.3. The lowest BCUT2D eigenvalue weighted by molar-refractivity contribution is -0.123. The Balaban J connectivity index is 1.65.